The van der Waals surface area contributed by atoms with Crippen molar-refractivity contribution in [2.24, 2.45) is 11.7 Å². The van der Waals surface area contributed by atoms with Crippen molar-refractivity contribution in [1.82, 2.24) is 4.90 Å². The van der Waals surface area contributed by atoms with Crippen molar-refractivity contribution in [3.63, 3.8) is 0 Å². The van der Waals surface area contributed by atoms with Gasteiger partial charge in [0, 0.05) is 38.6 Å². The number of halogens is 1. The Balaban J connectivity index is 0.00000288. The van der Waals surface area contributed by atoms with Gasteiger partial charge in [0.05, 0.1) is 6.04 Å². The number of ether oxygens (including phenoxy) is 1. The number of hydrogen-bond donors (Lipinski definition) is 2. The molecule has 6 nitrogen and oxygen atoms in total. The maximum atomic E-state index is 12.3. The molecule has 1 aromatic carbocycles. The van der Waals surface area contributed by atoms with Crippen molar-refractivity contribution in [1.29, 1.82) is 0 Å². The maximum Gasteiger partial charge on any atom is 0.253 e. The molecule has 0 spiro atoms. The number of anilines is 1. The van der Waals surface area contributed by atoms with Crippen molar-refractivity contribution < 1.29 is 14.3 Å². The van der Waals surface area contributed by atoms with Crippen molar-refractivity contribution >= 4 is 29.9 Å². The third-order valence-corrected chi connectivity index (χ3v) is 4.21. The highest BCUT2D eigenvalue weighted by Crippen LogP contribution is 2.20. The fourth-order valence-corrected chi connectivity index (χ4v) is 2.74. The third-order valence-electron chi connectivity index (χ3n) is 4.21. The number of carbonyl (C=O) groups is 2. The summed E-state index contributed by atoms with van der Waals surface area (Å²) in [6.45, 7) is 3.17. The molecular weight excluding hydrogens is 330 g/mol. The summed E-state index contributed by atoms with van der Waals surface area (Å²) < 4.78 is 5.30. The standard InChI is InChI=1S/C17H25N3O3.ClH/c1-11-10-13(4-5-14(11)17(22)20(2)3)19-16(21)15(18)12-6-8-23-9-7-12;/h4-5,10,12,15H,6-9,18H2,1-3H3,(H,19,21);1H. The molecule has 134 valence electrons. The molecule has 0 aliphatic carbocycles. The molecule has 1 heterocycles. The Bertz CT molecular complexity index is 586. The number of nitrogens with zero attached hydrogens (tertiary/aromatic N) is 1. The van der Waals surface area contributed by atoms with Gasteiger partial charge in [-0.1, -0.05) is 0 Å². The van der Waals surface area contributed by atoms with Gasteiger partial charge in [-0.05, 0) is 49.4 Å². The first kappa shape index (κ1) is 20.4. The van der Waals surface area contributed by atoms with Crippen LogP contribution in [0, 0.1) is 12.8 Å². The van der Waals surface area contributed by atoms with Gasteiger partial charge in [0.15, 0.2) is 0 Å². The average Bonchev–Trinajstić information content (AvgIpc) is 2.54. The van der Waals surface area contributed by atoms with Gasteiger partial charge in [-0.3, -0.25) is 9.59 Å². The first-order valence-corrected chi connectivity index (χ1v) is 7.86. The number of nitrogens with two attached hydrogens (primary N) is 1. The molecule has 0 bridgehead atoms. The van der Waals surface area contributed by atoms with Crippen LogP contribution in [0.15, 0.2) is 18.2 Å². The molecule has 1 aliphatic rings. The molecule has 1 atom stereocenters. The summed E-state index contributed by atoms with van der Waals surface area (Å²) in [4.78, 5) is 25.8. The summed E-state index contributed by atoms with van der Waals surface area (Å²) in [6.07, 6.45) is 1.62. The molecule has 1 fully saturated rings. The van der Waals surface area contributed by atoms with Gasteiger partial charge in [-0.15, -0.1) is 12.4 Å². The molecular formula is C17H26ClN3O3. The Morgan fingerprint density at radius 1 is 1.29 bits per heavy atom. The molecule has 0 aromatic heterocycles. The smallest absolute Gasteiger partial charge is 0.253 e. The van der Waals surface area contributed by atoms with E-state index in [0.29, 0.717) is 24.5 Å². The monoisotopic (exact) mass is 355 g/mol. The van der Waals surface area contributed by atoms with Crippen LogP contribution in [0.3, 0.4) is 0 Å². The number of amides is 2. The number of benzene rings is 1. The maximum absolute atomic E-state index is 12.3. The minimum atomic E-state index is -0.540. The first-order chi connectivity index (χ1) is 10.9. The zero-order valence-corrected chi connectivity index (χ0v) is 15.2. The molecule has 7 heteroatoms. The Morgan fingerprint density at radius 3 is 2.46 bits per heavy atom. The van der Waals surface area contributed by atoms with Crippen LogP contribution in [0.25, 0.3) is 0 Å². The summed E-state index contributed by atoms with van der Waals surface area (Å²) in [5.41, 5.74) is 8.17. The molecule has 1 unspecified atom stereocenters. The van der Waals surface area contributed by atoms with E-state index in [1.54, 1.807) is 32.3 Å². The van der Waals surface area contributed by atoms with E-state index in [1.807, 2.05) is 6.92 Å². The van der Waals surface area contributed by atoms with Crippen LogP contribution in [0.5, 0.6) is 0 Å². The van der Waals surface area contributed by atoms with Gasteiger partial charge in [-0.2, -0.15) is 0 Å². The number of carbonyl (C=O) groups excluding carboxylic acids is 2. The molecule has 3 N–H and O–H groups in total. The van der Waals surface area contributed by atoms with Gasteiger partial charge in [-0.25, -0.2) is 0 Å². The summed E-state index contributed by atoms with van der Waals surface area (Å²) >= 11 is 0. The first-order valence-electron chi connectivity index (χ1n) is 7.86. The van der Waals surface area contributed by atoms with Crippen LogP contribution in [-0.4, -0.2) is 50.1 Å². The third kappa shape index (κ3) is 4.93. The lowest BCUT2D eigenvalue weighted by Gasteiger charge is -2.26. The van der Waals surface area contributed by atoms with Crippen LogP contribution in [0.2, 0.25) is 0 Å². The SMILES string of the molecule is Cc1cc(NC(=O)C(N)C2CCOCC2)ccc1C(=O)N(C)C.Cl. The lowest BCUT2D eigenvalue weighted by atomic mass is 9.92. The highest BCUT2D eigenvalue weighted by atomic mass is 35.5. The predicted molar refractivity (Wildman–Crippen MR) is 96.6 cm³/mol. The summed E-state index contributed by atoms with van der Waals surface area (Å²) in [5.74, 6) is -0.0956. The van der Waals surface area contributed by atoms with Gasteiger partial charge in [0.1, 0.15) is 0 Å². The van der Waals surface area contributed by atoms with Crippen LogP contribution in [0.4, 0.5) is 5.69 Å². The zero-order valence-electron chi connectivity index (χ0n) is 14.4. The molecule has 1 aliphatic heterocycles. The number of aryl methyl sites for hydroxylation is 1. The van der Waals surface area contributed by atoms with Crippen LogP contribution in [-0.2, 0) is 9.53 Å². The van der Waals surface area contributed by atoms with E-state index in [4.69, 9.17) is 10.5 Å². The quantitative estimate of drug-likeness (QED) is 0.862. The van der Waals surface area contributed by atoms with Crippen molar-refractivity contribution in [2.45, 2.75) is 25.8 Å². The number of rotatable bonds is 4. The van der Waals surface area contributed by atoms with E-state index in [2.05, 4.69) is 5.32 Å². The molecule has 1 saturated heterocycles. The fourth-order valence-electron chi connectivity index (χ4n) is 2.74. The zero-order chi connectivity index (χ0) is 17.0. The minimum absolute atomic E-state index is 0. The van der Waals surface area contributed by atoms with Crippen LogP contribution < -0.4 is 11.1 Å². The van der Waals surface area contributed by atoms with Gasteiger partial charge >= 0.3 is 0 Å². The van der Waals surface area contributed by atoms with Crippen LogP contribution >= 0.6 is 12.4 Å². The van der Waals surface area contributed by atoms with E-state index in [9.17, 15) is 9.59 Å². The summed E-state index contributed by atoms with van der Waals surface area (Å²) in [7, 11) is 3.43. The largest absolute Gasteiger partial charge is 0.381 e. The molecule has 2 rings (SSSR count). The molecule has 24 heavy (non-hydrogen) atoms. The van der Waals surface area contributed by atoms with E-state index in [0.717, 1.165) is 18.4 Å². The van der Waals surface area contributed by atoms with Gasteiger partial charge in [0.2, 0.25) is 5.91 Å². The second-order valence-electron chi connectivity index (χ2n) is 6.19. The van der Waals surface area contributed by atoms with Crippen LogP contribution in [0.1, 0.15) is 28.8 Å². The molecule has 2 amide bonds. The topological polar surface area (TPSA) is 84.7 Å². The Hall–Kier alpha value is -1.63. The van der Waals surface area contributed by atoms with Crippen molar-refractivity contribution in [3.8, 4) is 0 Å². The highest BCUT2D eigenvalue weighted by Gasteiger charge is 2.26. The van der Waals surface area contributed by atoms with E-state index in [-0.39, 0.29) is 30.1 Å². The van der Waals surface area contributed by atoms with E-state index < -0.39 is 6.04 Å². The average molecular weight is 356 g/mol. The van der Waals surface area contributed by atoms with Gasteiger partial charge in [0.25, 0.3) is 5.91 Å². The van der Waals surface area contributed by atoms with Crippen molar-refractivity contribution in [3.05, 3.63) is 29.3 Å². The number of hydrogen-bond acceptors (Lipinski definition) is 4. The lowest BCUT2D eigenvalue weighted by Crippen LogP contribution is -2.44. The predicted octanol–water partition coefficient (Wildman–Crippen LogP) is 1.81. The molecule has 1 aromatic rings. The normalized spacial score (nSPS) is 16.0. The molecule has 0 saturated carbocycles. The Labute approximate surface area is 149 Å². The summed E-state index contributed by atoms with van der Waals surface area (Å²) in [6, 6.07) is 4.72. The Morgan fingerprint density at radius 2 is 1.92 bits per heavy atom. The summed E-state index contributed by atoms with van der Waals surface area (Å²) in [5, 5.41) is 2.85. The fraction of sp³-hybridized carbons (Fsp3) is 0.529. The van der Waals surface area contributed by atoms with E-state index in [1.165, 1.54) is 4.90 Å². The number of nitrogens with one attached hydrogen (secondary N) is 1. The lowest BCUT2D eigenvalue weighted by molar-refractivity contribution is -0.119. The molecule has 0 radical (unpaired) electrons. The van der Waals surface area contributed by atoms with Crippen molar-refractivity contribution in [2.75, 3.05) is 32.6 Å². The second-order valence-corrected chi connectivity index (χ2v) is 6.19. The Kier molecular flexibility index (Phi) is 7.66. The minimum Gasteiger partial charge on any atom is -0.381 e. The van der Waals surface area contributed by atoms with E-state index >= 15 is 0 Å². The highest BCUT2D eigenvalue weighted by molar-refractivity contribution is 5.98. The van der Waals surface area contributed by atoms with Gasteiger partial charge < -0.3 is 20.7 Å². The second kappa shape index (κ2) is 9.01.